The molecule has 0 saturated carbocycles. The Labute approximate surface area is 177 Å². The molecule has 29 heavy (non-hydrogen) atoms. The van der Waals surface area contributed by atoms with Crippen LogP contribution < -0.4 is 5.32 Å². The van der Waals surface area contributed by atoms with E-state index < -0.39 is 0 Å². The molecule has 2 aromatic heterocycles. The first-order valence-electron chi connectivity index (χ1n) is 9.08. The molecule has 0 bridgehead atoms. The van der Waals surface area contributed by atoms with E-state index in [0.717, 1.165) is 27.0 Å². The highest BCUT2D eigenvalue weighted by Gasteiger charge is 2.17. The summed E-state index contributed by atoms with van der Waals surface area (Å²) < 4.78 is 1.99. The molecule has 2 heterocycles. The number of para-hydroxylation sites is 1. The summed E-state index contributed by atoms with van der Waals surface area (Å²) in [5.74, 6) is 0.960. The molecule has 8 heteroatoms. The number of amides is 1. The van der Waals surface area contributed by atoms with Crippen molar-refractivity contribution in [1.82, 2.24) is 25.1 Å². The van der Waals surface area contributed by atoms with Crippen molar-refractivity contribution in [2.24, 2.45) is 0 Å². The fourth-order valence-electron chi connectivity index (χ4n) is 2.80. The second-order valence-corrected chi connectivity index (χ2v) is 8.52. The minimum absolute atomic E-state index is 0.0510. The van der Waals surface area contributed by atoms with Crippen LogP contribution >= 0.6 is 23.1 Å². The standard InChI is InChI=1S/C21H19N5OS2/c1-15-22-12-18(29-15)13-23-19(27)14-28-21-25-24-20(16-8-4-2-5-9-16)26(21)17-10-6-3-7-11-17/h2-12H,13-14H2,1H3,(H,23,27). The lowest BCUT2D eigenvalue weighted by molar-refractivity contribution is -0.118. The molecule has 0 fully saturated rings. The third-order valence-corrected chi connectivity index (χ3v) is 5.98. The Hall–Kier alpha value is -2.97. The number of benzene rings is 2. The summed E-state index contributed by atoms with van der Waals surface area (Å²) in [5, 5.41) is 13.3. The van der Waals surface area contributed by atoms with Crippen molar-refractivity contribution in [3.8, 4) is 17.1 Å². The summed E-state index contributed by atoms with van der Waals surface area (Å²) >= 11 is 2.96. The van der Waals surface area contributed by atoms with Gasteiger partial charge < -0.3 is 5.32 Å². The summed E-state index contributed by atoms with van der Waals surface area (Å²) in [7, 11) is 0. The molecule has 0 atom stereocenters. The maximum Gasteiger partial charge on any atom is 0.230 e. The third kappa shape index (κ3) is 4.72. The first kappa shape index (κ1) is 19.4. The van der Waals surface area contributed by atoms with Gasteiger partial charge in [0.2, 0.25) is 5.91 Å². The minimum atomic E-state index is -0.0510. The van der Waals surface area contributed by atoms with Gasteiger partial charge in [0.15, 0.2) is 11.0 Å². The topological polar surface area (TPSA) is 72.7 Å². The van der Waals surface area contributed by atoms with Crippen molar-refractivity contribution in [3.63, 3.8) is 0 Å². The molecule has 0 aliphatic carbocycles. The highest BCUT2D eigenvalue weighted by atomic mass is 32.2. The van der Waals surface area contributed by atoms with Gasteiger partial charge in [0.05, 0.1) is 17.3 Å². The zero-order chi connectivity index (χ0) is 20.1. The highest BCUT2D eigenvalue weighted by Crippen LogP contribution is 2.27. The fraction of sp³-hybridized carbons (Fsp3) is 0.143. The van der Waals surface area contributed by atoms with Crippen LogP contribution in [0.2, 0.25) is 0 Å². The van der Waals surface area contributed by atoms with Crippen molar-refractivity contribution in [3.05, 3.63) is 76.7 Å². The van der Waals surface area contributed by atoms with E-state index in [-0.39, 0.29) is 11.7 Å². The number of carbonyl (C=O) groups excluding carboxylic acids is 1. The summed E-state index contributed by atoms with van der Waals surface area (Å²) in [5.41, 5.74) is 1.93. The van der Waals surface area contributed by atoms with Crippen LogP contribution in [0.25, 0.3) is 17.1 Å². The van der Waals surface area contributed by atoms with Gasteiger partial charge in [0, 0.05) is 22.3 Å². The van der Waals surface area contributed by atoms with Crippen molar-refractivity contribution < 1.29 is 4.79 Å². The van der Waals surface area contributed by atoms with Crippen molar-refractivity contribution in [2.75, 3.05) is 5.75 Å². The van der Waals surface area contributed by atoms with E-state index in [1.54, 1.807) is 17.5 Å². The molecular weight excluding hydrogens is 402 g/mol. The SMILES string of the molecule is Cc1ncc(CNC(=O)CSc2nnc(-c3ccccc3)n2-c2ccccc2)s1. The van der Waals surface area contributed by atoms with Crippen molar-refractivity contribution in [1.29, 1.82) is 0 Å². The average molecular weight is 422 g/mol. The number of hydrogen-bond donors (Lipinski definition) is 1. The molecule has 0 aliphatic heterocycles. The molecule has 146 valence electrons. The Morgan fingerprint density at radius 2 is 1.79 bits per heavy atom. The zero-order valence-corrected chi connectivity index (χ0v) is 17.4. The lowest BCUT2D eigenvalue weighted by Gasteiger charge is -2.10. The average Bonchev–Trinajstić information content (AvgIpc) is 3.38. The van der Waals surface area contributed by atoms with Gasteiger partial charge in [0.1, 0.15) is 0 Å². The molecule has 4 rings (SSSR count). The van der Waals surface area contributed by atoms with Crippen LogP contribution in [-0.2, 0) is 11.3 Å². The zero-order valence-electron chi connectivity index (χ0n) is 15.8. The van der Waals surface area contributed by atoms with E-state index in [4.69, 9.17) is 0 Å². The lowest BCUT2D eigenvalue weighted by atomic mass is 10.2. The number of thiazole rings is 1. The quantitative estimate of drug-likeness (QED) is 0.455. The maximum absolute atomic E-state index is 12.3. The second-order valence-electron chi connectivity index (χ2n) is 6.25. The number of aryl methyl sites for hydroxylation is 1. The van der Waals surface area contributed by atoms with Crippen LogP contribution in [0.4, 0.5) is 0 Å². The minimum Gasteiger partial charge on any atom is -0.350 e. The summed E-state index contributed by atoms with van der Waals surface area (Å²) in [4.78, 5) is 17.6. The van der Waals surface area contributed by atoms with Crippen LogP contribution in [0, 0.1) is 6.92 Å². The largest absolute Gasteiger partial charge is 0.350 e. The van der Waals surface area contributed by atoms with Gasteiger partial charge in [-0.2, -0.15) is 0 Å². The normalized spacial score (nSPS) is 10.8. The first-order valence-corrected chi connectivity index (χ1v) is 10.9. The molecule has 0 unspecified atom stereocenters. The predicted molar refractivity (Wildman–Crippen MR) is 116 cm³/mol. The van der Waals surface area contributed by atoms with Crippen molar-refractivity contribution >= 4 is 29.0 Å². The summed E-state index contributed by atoms with van der Waals surface area (Å²) in [6.45, 7) is 2.44. The molecule has 0 radical (unpaired) electrons. The monoisotopic (exact) mass is 421 g/mol. The van der Waals surface area contributed by atoms with Gasteiger partial charge in [-0.1, -0.05) is 60.3 Å². The number of aromatic nitrogens is 4. The van der Waals surface area contributed by atoms with E-state index in [1.165, 1.54) is 11.8 Å². The lowest BCUT2D eigenvalue weighted by Crippen LogP contribution is -2.24. The number of rotatable bonds is 7. The highest BCUT2D eigenvalue weighted by molar-refractivity contribution is 7.99. The van der Waals surface area contributed by atoms with E-state index in [9.17, 15) is 4.79 Å². The molecule has 1 N–H and O–H groups in total. The fourth-order valence-corrected chi connectivity index (χ4v) is 4.32. The van der Waals surface area contributed by atoms with E-state index in [1.807, 2.05) is 72.2 Å². The molecule has 0 aliphatic rings. The molecule has 6 nitrogen and oxygen atoms in total. The predicted octanol–water partition coefficient (Wildman–Crippen LogP) is 4.11. The molecule has 2 aromatic carbocycles. The van der Waals surface area contributed by atoms with Crippen LogP contribution in [0.15, 0.2) is 72.0 Å². The Kier molecular flexibility index (Phi) is 6.02. The molecule has 1 amide bonds. The molecule has 0 saturated heterocycles. The van der Waals surface area contributed by atoms with Crippen LogP contribution in [-0.4, -0.2) is 31.4 Å². The van der Waals surface area contributed by atoms with Gasteiger partial charge in [-0.15, -0.1) is 21.5 Å². The van der Waals surface area contributed by atoms with Gasteiger partial charge in [0.25, 0.3) is 0 Å². The van der Waals surface area contributed by atoms with Gasteiger partial charge in [-0.25, -0.2) is 4.98 Å². The van der Waals surface area contributed by atoms with Crippen LogP contribution in [0.5, 0.6) is 0 Å². The van der Waals surface area contributed by atoms with E-state index in [0.29, 0.717) is 11.7 Å². The van der Waals surface area contributed by atoms with Gasteiger partial charge in [-0.3, -0.25) is 9.36 Å². The Balaban J connectivity index is 1.51. The molecular formula is C21H19N5OS2. The Morgan fingerprint density at radius 3 is 2.48 bits per heavy atom. The summed E-state index contributed by atoms with van der Waals surface area (Å²) in [6, 6.07) is 19.8. The number of nitrogens with zero attached hydrogens (tertiary/aromatic N) is 4. The van der Waals surface area contributed by atoms with Crippen molar-refractivity contribution in [2.45, 2.75) is 18.6 Å². The Bertz CT molecular complexity index is 1090. The van der Waals surface area contributed by atoms with E-state index in [2.05, 4.69) is 20.5 Å². The Morgan fingerprint density at radius 1 is 1.07 bits per heavy atom. The number of thioether (sulfide) groups is 1. The maximum atomic E-state index is 12.3. The number of hydrogen-bond acceptors (Lipinski definition) is 6. The third-order valence-electron chi connectivity index (χ3n) is 4.14. The van der Waals surface area contributed by atoms with Crippen LogP contribution in [0.1, 0.15) is 9.88 Å². The van der Waals surface area contributed by atoms with Gasteiger partial charge >= 0.3 is 0 Å². The molecule has 4 aromatic rings. The van der Waals surface area contributed by atoms with Crippen LogP contribution in [0.3, 0.4) is 0 Å². The first-order chi connectivity index (χ1) is 14.2. The smallest absolute Gasteiger partial charge is 0.230 e. The summed E-state index contributed by atoms with van der Waals surface area (Å²) in [6.07, 6.45) is 1.80. The number of carbonyl (C=O) groups is 1. The molecule has 0 spiro atoms. The number of nitrogens with one attached hydrogen (secondary N) is 1. The second kappa shape index (κ2) is 9.02. The van der Waals surface area contributed by atoms with Gasteiger partial charge in [-0.05, 0) is 19.1 Å². The van der Waals surface area contributed by atoms with E-state index >= 15 is 0 Å².